The van der Waals surface area contributed by atoms with E-state index < -0.39 is 8.80 Å². The molecule has 0 fully saturated rings. The third-order valence-corrected chi connectivity index (χ3v) is 6.32. The van der Waals surface area contributed by atoms with Crippen molar-refractivity contribution in [3.8, 4) is 11.5 Å². The molecule has 2 aromatic rings. The van der Waals surface area contributed by atoms with Crippen molar-refractivity contribution in [2.45, 2.75) is 6.55 Å². The number of ether oxygens (including phenoxy) is 4. The molecular weight excluding hydrogens is 320 g/mol. The number of hydrogen-bond donors (Lipinski definition) is 0. The molecule has 0 aromatic heterocycles. The summed E-state index contributed by atoms with van der Waals surface area (Å²) in [5.74, 6) is 1.64. The van der Waals surface area contributed by atoms with Crippen LogP contribution >= 0.6 is 0 Å². The number of rotatable bonds is 2. The third kappa shape index (κ3) is 4.38. The van der Waals surface area contributed by atoms with Gasteiger partial charge in [-0.2, -0.15) is 0 Å². The molecule has 127 valence electrons. The van der Waals surface area contributed by atoms with E-state index in [0.717, 1.165) is 11.5 Å². The normalized spacial score (nSPS) is 16.2. The summed E-state index contributed by atoms with van der Waals surface area (Å²) in [5, 5.41) is 2.58. The van der Waals surface area contributed by atoms with E-state index in [4.69, 9.17) is 18.9 Å². The largest absolute Gasteiger partial charge is 0.487 e. The van der Waals surface area contributed by atoms with Crippen molar-refractivity contribution in [1.29, 1.82) is 0 Å². The van der Waals surface area contributed by atoms with E-state index in [1.165, 1.54) is 10.4 Å². The minimum absolute atomic E-state index is 0.511. The Kier molecular flexibility index (Phi) is 6.29. The minimum atomic E-state index is -0.926. The van der Waals surface area contributed by atoms with Crippen LogP contribution in [0, 0.1) is 0 Å². The Bertz CT molecular complexity index is 633. The van der Waals surface area contributed by atoms with Crippen LogP contribution in [-0.2, 0) is 9.47 Å². The molecule has 0 unspecified atom stereocenters. The molecule has 1 aliphatic heterocycles. The van der Waals surface area contributed by atoms with E-state index >= 15 is 0 Å². The van der Waals surface area contributed by atoms with Gasteiger partial charge in [-0.1, -0.05) is 54.2 Å². The van der Waals surface area contributed by atoms with Crippen molar-refractivity contribution < 1.29 is 18.9 Å². The minimum Gasteiger partial charge on any atom is -0.487 e. The van der Waals surface area contributed by atoms with Gasteiger partial charge in [0.2, 0.25) is 0 Å². The van der Waals surface area contributed by atoms with Gasteiger partial charge in [-0.05, 0) is 11.3 Å². The van der Waals surface area contributed by atoms with E-state index in [1.807, 2.05) is 18.2 Å². The lowest BCUT2D eigenvalue weighted by molar-refractivity contribution is 0.0225. The van der Waals surface area contributed by atoms with Gasteiger partial charge >= 0.3 is 0 Å². The molecule has 0 aliphatic carbocycles. The first-order chi connectivity index (χ1) is 11.9. The molecule has 4 nitrogen and oxygen atoms in total. The van der Waals surface area contributed by atoms with Crippen LogP contribution in [0.3, 0.4) is 0 Å². The fourth-order valence-corrected chi connectivity index (χ4v) is 4.54. The first-order valence-corrected chi connectivity index (χ1v) is 10.3. The van der Waals surface area contributed by atoms with Crippen LogP contribution in [0.15, 0.2) is 48.5 Å². The highest BCUT2D eigenvalue weighted by Gasteiger charge is 2.19. The topological polar surface area (TPSA) is 36.9 Å². The van der Waals surface area contributed by atoms with E-state index in [0.29, 0.717) is 39.6 Å². The lowest BCUT2D eigenvalue weighted by atomic mass is 10.3. The molecule has 0 saturated carbocycles. The number of para-hydroxylation sites is 1. The predicted molar refractivity (Wildman–Crippen MR) is 96.4 cm³/mol. The Balaban J connectivity index is 1.88. The van der Waals surface area contributed by atoms with Gasteiger partial charge in [-0.25, -0.2) is 0 Å². The maximum atomic E-state index is 6.07. The van der Waals surface area contributed by atoms with Crippen LogP contribution in [0.25, 0.3) is 0 Å². The maximum Gasteiger partial charge on any atom is 0.161 e. The second-order valence-corrected chi connectivity index (χ2v) is 7.91. The zero-order valence-corrected chi connectivity index (χ0v) is 15.0. The Hall–Kier alpha value is -1.82. The van der Waals surface area contributed by atoms with E-state index in [1.54, 1.807) is 0 Å². The van der Waals surface area contributed by atoms with E-state index in [-0.39, 0.29) is 0 Å². The molecule has 24 heavy (non-hydrogen) atoms. The van der Waals surface area contributed by atoms with Crippen LogP contribution < -0.4 is 19.8 Å². The monoisotopic (exact) mass is 343 g/mol. The van der Waals surface area contributed by atoms with Gasteiger partial charge in [-0.3, -0.25) is 0 Å². The molecule has 3 rings (SSSR count). The molecule has 0 saturated heterocycles. The molecule has 0 atom stereocenters. The maximum absolute atomic E-state index is 6.07. The summed E-state index contributed by atoms with van der Waals surface area (Å²) in [4.78, 5) is 0. The molecule has 2 aromatic carbocycles. The van der Waals surface area contributed by atoms with Gasteiger partial charge in [0.1, 0.15) is 22.0 Å². The highest BCUT2D eigenvalue weighted by molar-refractivity contribution is 6.84. The SMILES string of the molecule is C[Si](c1ccccc1)c1cccc2c1OCCOCCOCCO2. The van der Waals surface area contributed by atoms with Crippen LogP contribution in [-0.4, -0.2) is 48.4 Å². The predicted octanol–water partition coefficient (Wildman–Crippen LogP) is 1.73. The van der Waals surface area contributed by atoms with Gasteiger partial charge in [-0.15, -0.1) is 0 Å². The highest BCUT2D eigenvalue weighted by atomic mass is 28.3. The zero-order chi connectivity index (χ0) is 16.6. The van der Waals surface area contributed by atoms with Crippen LogP contribution in [0.5, 0.6) is 11.5 Å². The fraction of sp³-hybridized carbons (Fsp3) is 0.368. The summed E-state index contributed by atoms with van der Waals surface area (Å²) in [6.45, 7) is 5.59. The second kappa shape index (κ2) is 8.87. The Morgan fingerprint density at radius 1 is 0.708 bits per heavy atom. The average molecular weight is 343 g/mol. The van der Waals surface area contributed by atoms with Gasteiger partial charge < -0.3 is 18.9 Å². The summed E-state index contributed by atoms with van der Waals surface area (Å²) in [5.41, 5.74) is 0. The summed E-state index contributed by atoms with van der Waals surface area (Å²) in [7, 11) is -0.926. The van der Waals surface area contributed by atoms with Crippen molar-refractivity contribution in [3.63, 3.8) is 0 Å². The van der Waals surface area contributed by atoms with Crippen LogP contribution in [0.4, 0.5) is 0 Å². The average Bonchev–Trinajstić information content (AvgIpc) is 2.62. The zero-order valence-electron chi connectivity index (χ0n) is 14.0. The van der Waals surface area contributed by atoms with Crippen LogP contribution in [0.2, 0.25) is 6.55 Å². The van der Waals surface area contributed by atoms with Crippen molar-refractivity contribution in [3.05, 3.63) is 48.5 Å². The number of fused-ring (bicyclic) bond motifs is 1. The Morgan fingerprint density at radius 3 is 2.12 bits per heavy atom. The molecule has 1 heterocycles. The van der Waals surface area contributed by atoms with Crippen LogP contribution in [0.1, 0.15) is 0 Å². The summed E-state index contributed by atoms with van der Waals surface area (Å²) >= 11 is 0. The second-order valence-electron chi connectivity index (χ2n) is 5.55. The van der Waals surface area contributed by atoms with Crippen molar-refractivity contribution >= 4 is 19.2 Å². The van der Waals surface area contributed by atoms with Crippen molar-refractivity contribution in [1.82, 2.24) is 0 Å². The Morgan fingerprint density at radius 2 is 1.38 bits per heavy atom. The third-order valence-electron chi connectivity index (χ3n) is 3.92. The number of benzene rings is 2. The fourth-order valence-electron chi connectivity index (χ4n) is 2.65. The number of hydrogen-bond acceptors (Lipinski definition) is 4. The van der Waals surface area contributed by atoms with Gasteiger partial charge in [0.05, 0.1) is 26.4 Å². The smallest absolute Gasteiger partial charge is 0.161 e. The lowest BCUT2D eigenvalue weighted by Gasteiger charge is -2.20. The lowest BCUT2D eigenvalue weighted by Crippen LogP contribution is -2.40. The summed E-state index contributed by atoms with van der Waals surface area (Å²) in [6.07, 6.45) is 0. The molecule has 1 aliphatic rings. The van der Waals surface area contributed by atoms with Gasteiger partial charge in [0, 0.05) is 0 Å². The molecule has 0 amide bonds. The highest BCUT2D eigenvalue weighted by Crippen LogP contribution is 2.25. The van der Waals surface area contributed by atoms with E-state index in [2.05, 4.69) is 36.9 Å². The van der Waals surface area contributed by atoms with Crippen molar-refractivity contribution in [2.75, 3.05) is 39.6 Å². The quantitative estimate of drug-likeness (QED) is 0.778. The molecule has 0 N–H and O–H groups in total. The standard InChI is InChI=1S/C19H23O4Si/c1-24(16-6-3-2-4-7-16)18-9-5-8-17-19(18)23-15-13-21-11-10-20-12-14-22-17/h2-9H,10-15H2,1H3. The molecule has 5 heteroatoms. The Labute approximate surface area is 144 Å². The molecule has 0 bridgehead atoms. The van der Waals surface area contributed by atoms with Gasteiger partial charge in [0.25, 0.3) is 0 Å². The molecule has 1 radical (unpaired) electrons. The first kappa shape index (κ1) is 17.0. The molecular formula is C19H23O4Si. The first-order valence-electron chi connectivity index (χ1n) is 8.29. The molecule has 0 spiro atoms. The summed E-state index contributed by atoms with van der Waals surface area (Å²) < 4.78 is 23.0. The van der Waals surface area contributed by atoms with Crippen molar-refractivity contribution in [2.24, 2.45) is 0 Å². The van der Waals surface area contributed by atoms with Gasteiger partial charge in [0.15, 0.2) is 11.5 Å². The summed E-state index contributed by atoms with van der Waals surface area (Å²) in [6, 6.07) is 16.7. The van der Waals surface area contributed by atoms with E-state index in [9.17, 15) is 0 Å².